The van der Waals surface area contributed by atoms with Gasteiger partial charge in [0, 0.05) is 12.5 Å². The summed E-state index contributed by atoms with van der Waals surface area (Å²) in [6, 6.07) is 0. The van der Waals surface area contributed by atoms with Crippen LogP contribution in [0.15, 0.2) is 0 Å². The van der Waals surface area contributed by atoms with Gasteiger partial charge in [-0.2, -0.15) is 0 Å². The summed E-state index contributed by atoms with van der Waals surface area (Å²) in [7, 11) is 2.15. The van der Waals surface area contributed by atoms with Crippen molar-refractivity contribution < 1.29 is 9.53 Å². The third-order valence-electron chi connectivity index (χ3n) is 3.84. The van der Waals surface area contributed by atoms with Gasteiger partial charge in [-0.1, -0.05) is 29.5 Å². The maximum atomic E-state index is 12.1. The van der Waals surface area contributed by atoms with Gasteiger partial charge in [0.05, 0.1) is 0 Å². The molecule has 1 aliphatic rings. The van der Waals surface area contributed by atoms with E-state index in [-0.39, 0.29) is 11.6 Å². The molecule has 2 unspecified atom stereocenters. The van der Waals surface area contributed by atoms with Gasteiger partial charge < -0.3 is 9.64 Å². The lowest BCUT2D eigenvalue weighted by molar-refractivity contribution is -0.167. The molecule has 1 rings (SSSR count). The Kier molecular flexibility index (Phi) is 5.09. The van der Waals surface area contributed by atoms with Gasteiger partial charge in [0.25, 0.3) is 0 Å². The molecule has 1 heterocycles. The van der Waals surface area contributed by atoms with Gasteiger partial charge in [0.1, 0.15) is 9.02 Å². The quantitative estimate of drug-likeness (QED) is 0.436. The highest BCUT2D eigenvalue weighted by molar-refractivity contribution is 14.1. The molecular formula is C14H26INO2. The molecule has 0 spiro atoms. The topological polar surface area (TPSA) is 29.5 Å². The van der Waals surface area contributed by atoms with Crippen LogP contribution in [0, 0.1) is 11.8 Å². The van der Waals surface area contributed by atoms with Gasteiger partial charge in [-0.05, 0) is 53.6 Å². The Bertz CT molecular complexity index is 309. The van der Waals surface area contributed by atoms with Crippen molar-refractivity contribution in [3.8, 4) is 0 Å². The largest absolute Gasteiger partial charge is 0.458 e. The van der Waals surface area contributed by atoms with E-state index >= 15 is 0 Å². The van der Waals surface area contributed by atoms with E-state index < -0.39 is 3.42 Å². The second-order valence-electron chi connectivity index (χ2n) is 6.60. The molecule has 106 valence electrons. The summed E-state index contributed by atoms with van der Waals surface area (Å²) in [5.74, 6) is 0.888. The van der Waals surface area contributed by atoms with Gasteiger partial charge in [-0.3, -0.25) is 4.79 Å². The number of esters is 1. The van der Waals surface area contributed by atoms with E-state index in [9.17, 15) is 4.79 Å². The molecule has 0 aliphatic carbocycles. The van der Waals surface area contributed by atoms with Crippen LogP contribution in [0.2, 0.25) is 0 Å². The summed E-state index contributed by atoms with van der Waals surface area (Å²) in [6.07, 6.45) is 1.10. The zero-order chi connectivity index (χ0) is 14.1. The zero-order valence-corrected chi connectivity index (χ0v) is 14.6. The Morgan fingerprint density at radius 2 is 1.89 bits per heavy atom. The molecule has 0 radical (unpaired) electrons. The standard InChI is InChI=1S/C14H26INO2/c1-10-9-16(6)8-7-11(10)14(4,5)18-12(17)13(2,3)15/h10-11H,7-9H2,1-6H3. The first-order chi connectivity index (χ1) is 8.04. The Hall–Kier alpha value is 0.160. The van der Waals surface area contributed by atoms with Gasteiger partial charge >= 0.3 is 5.97 Å². The molecule has 2 atom stereocenters. The van der Waals surface area contributed by atoms with Crippen LogP contribution in [0.4, 0.5) is 0 Å². The number of alkyl halides is 1. The van der Waals surface area contributed by atoms with E-state index in [1.807, 2.05) is 13.8 Å². The van der Waals surface area contributed by atoms with Gasteiger partial charge in [0.2, 0.25) is 0 Å². The summed E-state index contributed by atoms with van der Waals surface area (Å²) < 4.78 is 5.33. The fourth-order valence-corrected chi connectivity index (χ4v) is 2.93. The molecule has 0 amide bonds. The number of nitrogens with zero attached hydrogens (tertiary/aromatic N) is 1. The third kappa shape index (κ3) is 4.08. The minimum atomic E-state index is -0.455. The number of piperidine rings is 1. The molecule has 0 aromatic carbocycles. The Labute approximate surface area is 125 Å². The monoisotopic (exact) mass is 367 g/mol. The van der Waals surface area contributed by atoms with Crippen LogP contribution in [0.3, 0.4) is 0 Å². The lowest BCUT2D eigenvalue weighted by atomic mass is 9.76. The van der Waals surface area contributed by atoms with Crippen molar-refractivity contribution >= 4 is 28.6 Å². The van der Waals surface area contributed by atoms with E-state index in [0.29, 0.717) is 11.8 Å². The van der Waals surface area contributed by atoms with Crippen LogP contribution < -0.4 is 0 Å². The van der Waals surface area contributed by atoms with Crippen molar-refractivity contribution in [3.05, 3.63) is 0 Å². The normalized spacial score (nSPS) is 27.1. The fraction of sp³-hybridized carbons (Fsp3) is 0.929. The summed E-state index contributed by atoms with van der Waals surface area (Å²) in [5.41, 5.74) is -0.375. The Morgan fingerprint density at radius 3 is 2.33 bits per heavy atom. The second kappa shape index (κ2) is 5.65. The number of carbonyl (C=O) groups excluding carboxylic acids is 1. The molecular weight excluding hydrogens is 341 g/mol. The highest BCUT2D eigenvalue weighted by Gasteiger charge is 2.41. The van der Waals surface area contributed by atoms with E-state index in [0.717, 1.165) is 19.5 Å². The second-order valence-corrected chi connectivity index (χ2v) is 9.30. The number of ether oxygens (including phenoxy) is 1. The SMILES string of the molecule is CC1CN(C)CCC1C(C)(C)OC(=O)C(C)(C)I. The number of rotatable bonds is 3. The van der Waals surface area contributed by atoms with Gasteiger partial charge in [0.15, 0.2) is 0 Å². The number of hydrogen-bond acceptors (Lipinski definition) is 3. The van der Waals surface area contributed by atoms with Gasteiger partial charge in [-0.15, -0.1) is 0 Å². The number of carbonyl (C=O) groups is 1. The highest BCUT2D eigenvalue weighted by Crippen LogP contribution is 2.36. The van der Waals surface area contributed by atoms with Crippen molar-refractivity contribution in [2.24, 2.45) is 11.8 Å². The minimum absolute atomic E-state index is 0.112. The maximum Gasteiger partial charge on any atom is 0.321 e. The first-order valence-corrected chi connectivity index (χ1v) is 7.73. The number of likely N-dealkylation sites (tertiary alicyclic amines) is 1. The third-order valence-corrected chi connectivity index (χ3v) is 4.28. The maximum absolute atomic E-state index is 12.1. The number of halogens is 1. The van der Waals surface area contributed by atoms with Crippen molar-refractivity contribution in [2.45, 2.75) is 50.1 Å². The minimum Gasteiger partial charge on any atom is -0.458 e. The lowest BCUT2D eigenvalue weighted by Crippen LogP contribution is -2.49. The van der Waals surface area contributed by atoms with Crippen LogP contribution in [-0.2, 0) is 9.53 Å². The summed E-state index contributed by atoms with van der Waals surface area (Å²) in [4.78, 5) is 14.4. The molecule has 4 heteroatoms. The Balaban J connectivity index is 2.71. The smallest absolute Gasteiger partial charge is 0.321 e. The summed E-state index contributed by atoms with van der Waals surface area (Å²) in [6.45, 7) is 12.3. The van der Waals surface area contributed by atoms with Crippen molar-refractivity contribution in [1.82, 2.24) is 4.90 Å². The summed E-state index contributed by atoms with van der Waals surface area (Å²) >= 11 is 2.14. The van der Waals surface area contributed by atoms with Crippen molar-refractivity contribution in [1.29, 1.82) is 0 Å². The molecule has 3 nitrogen and oxygen atoms in total. The molecule has 18 heavy (non-hydrogen) atoms. The van der Waals surface area contributed by atoms with Crippen LogP contribution in [0.25, 0.3) is 0 Å². The molecule has 1 fully saturated rings. The zero-order valence-electron chi connectivity index (χ0n) is 12.4. The molecule has 1 aliphatic heterocycles. The van der Waals surface area contributed by atoms with Crippen LogP contribution in [0.5, 0.6) is 0 Å². The molecule has 0 aromatic heterocycles. The predicted molar refractivity (Wildman–Crippen MR) is 83.0 cm³/mol. The molecule has 1 saturated heterocycles. The average Bonchev–Trinajstić information content (AvgIpc) is 2.14. The lowest BCUT2D eigenvalue weighted by Gasteiger charge is -2.43. The fourth-order valence-electron chi connectivity index (χ4n) is 2.82. The summed E-state index contributed by atoms with van der Waals surface area (Å²) in [5, 5.41) is 0. The first kappa shape index (κ1) is 16.2. The highest BCUT2D eigenvalue weighted by atomic mass is 127. The molecule has 0 aromatic rings. The molecule has 0 N–H and O–H groups in total. The van der Waals surface area contributed by atoms with Crippen LogP contribution in [0.1, 0.15) is 41.0 Å². The van der Waals surface area contributed by atoms with E-state index in [1.165, 1.54) is 0 Å². The number of hydrogen-bond donors (Lipinski definition) is 0. The predicted octanol–water partition coefficient (Wildman–Crippen LogP) is 3.11. The van der Waals surface area contributed by atoms with Crippen LogP contribution >= 0.6 is 22.6 Å². The molecule has 0 saturated carbocycles. The van der Waals surface area contributed by atoms with Crippen LogP contribution in [-0.4, -0.2) is 40.0 Å². The van der Waals surface area contributed by atoms with Gasteiger partial charge in [-0.25, -0.2) is 0 Å². The van der Waals surface area contributed by atoms with E-state index in [4.69, 9.17) is 4.74 Å². The average molecular weight is 367 g/mol. The molecule has 0 bridgehead atoms. The van der Waals surface area contributed by atoms with Crippen molar-refractivity contribution in [2.75, 3.05) is 20.1 Å². The van der Waals surface area contributed by atoms with E-state index in [1.54, 1.807) is 0 Å². The van der Waals surface area contributed by atoms with E-state index in [2.05, 4.69) is 55.3 Å². The van der Waals surface area contributed by atoms with Crippen molar-refractivity contribution in [3.63, 3.8) is 0 Å². The first-order valence-electron chi connectivity index (χ1n) is 6.65. The Morgan fingerprint density at radius 1 is 1.33 bits per heavy atom.